The molecule has 0 amide bonds. The van der Waals surface area contributed by atoms with Crippen LogP contribution in [0.15, 0.2) is 29.3 Å². The second kappa shape index (κ2) is 11.4. The molecule has 1 aromatic carbocycles. The van der Waals surface area contributed by atoms with Gasteiger partial charge in [-0.15, -0.1) is 0 Å². The van der Waals surface area contributed by atoms with E-state index in [1.54, 1.807) is 7.11 Å². The maximum absolute atomic E-state index is 10.5. The van der Waals surface area contributed by atoms with Crippen molar-refractivity contribution in [3.8, 4) is 5.75 Å². The summed E-state index contributed by atoms with van der Waals surface area (Å²) in [6.07, 6.45) is 7.26. The summed E-state index contributed by atoms with van der Waals surface area (Å²) >= 11 is 0. The number of rotatable bonds is 8. The zero-order chi connectivity index (χ0) is 20.5. The van der Waals surface area contributed by atoms with Crippen molar-refractivity contribution in [2.24, 2.45) is 10.9 Å². The Morgan fingerprint density at radius 2 is 1.86 bits per heavy atom. The second-order valence-electron chi connectivity index (χ2n) is 8.15. The third kappa shape index (κ3) is 6.61. The summed E-state index contributed by atoms with van der Waals surface area (Å²) in [6, 6.07) is 7.51. The third-order valence-corrected chi connectivity index (χ3v) is 6.03. The number of aliphatic hydroxyl groups is 1. The molecule has 1 aliphatic heterocycles. The molecule has 1 saturated carbocycles. The molecule has 6 heteroatoms. The molecular weight excluding hydrogens is 366 g/mol. The van der Waals surface area contributed by atoms with Gasteiger partial charge in [-0.1, -0.05) is 25.0 Å². The SMILES string of the molecule is CCNC(=NCC(O)c1ccc(OC)cc1)N1CCC(OCC2CCCC2)CC1. The van der Waals surface area contributed by atoms with Crippen LogP contribution in [0, 0.1) is 5.92 Å². The lowest BCUT2D eigenvalue weighted by Gasteiger charge is -2.34. The van der Waals surface area contributed by atoms with Crippen LogP contribution in [0.5, 0.6) is 5.75 Å². The molecule has 6 nitrogen and oxygen atoms in total. The highest BCUT2D eigenvalue weighted by atomic mass is 16.5. The summed E-state index contributed by atoms with van der Waals surface area (Å²) in [6.45, 7) is 6.06. The van der Waals surface area contributed by atoms with Gasteiger partial charge >= 0.3 is 0 Å². The third-order valence-electron chi connectivity index (χ3n) is 6.03. The highest BCUT2D eigenvalue weighted by molar-refractivity contribution is 5.80. The molecule has 0 bridgehead atoms. The van der Waals surface area contributed by atoms with Gasteiger partial charge in [0.05, 0.1) is 25.9 Å². The molecule has 162 valence electrons. The molecule has 0 aromatic heterocycles. The largest absolute Gasteiger partial charge is 0.497 e. The second-order valence-corrected chi connectivity index (χ2v) is 8.15. The van der Waals surface area contributed by atoms with Crippen molar-refractivity contribution < 1.29 is 14.6 Å². The Bertz CT molecular complexity index is 621. The number of piperidine rings is 1. The molecular formula is C23H37N3O3. The molecule has 0 spiro atoms. The number of hydrogen-bond acceptors (Lipinski definition) is 4. The fraction of sp³-hybridized carbons (Fsp3) is 0.696. The van der Waals surface area contributed by atoms with Crippen molar-refractivity contribution in [3.63, 3.8) is 0 Å². The number of likely N-dealkylation sites (tertiary alicyclic amines) is 1. The first-order chi connectivity index (χ1) is 14.2. The van der Waals surface area contributed by atoms with Gasteiger partial charge in [-0.05, 0) is 56.2 Å². The van der Waals surface area contributed by atoms with Crippen LogP contribution in [-0.4, -0.2) is 62.0 Å². The molecule has 1 heterocycles. The number of nitrogens with one attached hydrogen (secondary N) is 1. The minimum absolute atomic E-state index is 0.340. The molecule has 1 aromatic rings. The van der Waals surface area contributed by atoms with Crippen LogP contribution in [0.4, 0.5) is 0 Å². The van der Waals surface area contributed by atoms with Gasteiger partial charge in [0.2, 0.25) is 0 Å². The van der Waals surface area contributed by atoms with E-state index in [-0.39, 0.29) is 0 Å². The monoisotopic (exact) mass is 403 g/mol. The number of benzene rings is 1. The molecule has 1 atom stereocenters. The van der Waals surface area contributed by atoms with Gasteiger partial charge in [0.15, 0.2) is 5.96 Å². The number of nitrogens with zero attached hydrogens (tertiary/aromatic N) is 2. The number of aliphatic hydroxyl groups excluding tert-OH is 1. The van der Waals surface area contributed by atoms with Crippen LogP contribution >= 0.6 is 0 Å². The Hall–Kier alpha value is -1.79. The number of ether oxygens (including phenoxy) is 2. The van der Waals surface area contributed by atoms with E-state index in [1.807, 2.05) is 24.3 Å². The minimum Gasteiger partial charge on any atom is -0.497 e. The van der Waals surface area contributed by atoms with Gasteiger partial charge in [-0.3, -0.25) is 4.99 Å². The van der Waals surface area contributed by atoms with Crippen LogP contribution in [0.2, 0.25) is 0 Å². The van der Waals surface area contributed by atoms with Gasteiger partial charge in [0, 0.05) is 26.2 Å². The minimum atomic E-state index is -0.623. The lowest BCUT2D eigenvalue weighted by atomic mass is 10.1. The Kier molecular flexibility index (Phi) is 8.62. The fourth-order valence-corrected chi connectivity index (χ4v) is 4.21. The van der Waals surface area contributed by atoms with E-state index in [0.29, 0.717) is 12.6 Å². The molecule has 0 radical (unpaired) electrons. The number of methoxy groups -OCH3 is 1. The summed E-state index contributed by atoms with van der Waals surface area (Å²) in [5.41, 5.74) is 0.851. The molecule has 29 heavy (non-hydrogen) atoms. The summed E-state index contributed by atoms with van der Waals surface area (Å²) < 4.78 is 11.4. The van der Waals surface area contributed by atoms with Crippen LogP contribution in [0.25, 0.3) is 0 Å². The fourth-order valence-electron chi connectivity index (χ4n) is 4.21. The average molecular weight is 404 g/mol. The predicted molar refractivity (Wildman–Crippen MR) is 116 cm³/mol. The van der Waals surface area contributed by atoms with E-state index < -0.39 is 6.10 Å². The summed E-state index contributed by atoms with van der Waals surface area (Å²) in [7, 11) is 1.64. The summed E-state index contributed by atoms with van der Waals surface area (Å²) in [5, 5.41) is 13.9. The van der Waals surface area contributed by atoms with Crippen LogP contribution in [-0.2, 0) is 4.74 Å². The molecule has 2 aliphatic rings. The lowest BCUT2D eigenvalue weighted by Crippen LogP contribution is -2.47. The van der Waals surface area contributed by atoms with Gasteiger partial charge < -0.3 is 24.8 Å². The summed E-state index contributed by atoms with van der Waals surface area (Å²) in [5.74, 6) is 2.46. The topological polar surface area (TPSA) is 66.3 Å². The van der Waals surface area contributed by atoms with E-state index in [2.05, 4.69) is 17.1 Å². The smallest absolute Gasteiger partial charge is 0.194 e. The lowest BCUT2D eigenvalue weighted by molar-refractivity contribution is 0.000979. The maximum Gasteiger partial charge on any atom is 0.194 e. The molecule has 3 rings (SSSR count). The standard InChI is InChI=1S/C23H37N3O3/c1-3-24-23(25-16-22(27)19-8-10-20(28-2)11-9-19)26-14-12-21(13-15-26)29-17-18-6-4-5-7-18/h8-11,18,21-22,27H,3-7,12-17H2,1-2H3,(H,24,25). The van der Waals surface area contributed by atoms with Gasteiger partial charge in [0.1, 0.15) is 5.75 Å². The molecule has 1 unspecified atom stereocenters. The molecule has 2 fully saturated rings. The quantitative estimate of drug-likeness (QED) is 0.515. The molecule has 1 saturated heterocycles. The van der Waals surface area contributed by atoms with Gasteiger partial charge in [-0.25, -0.2) is 0 Å². The first kappa shape index (κ1) is 21.9. The maximum atomic E-state index is 10.5. The van der Waals surface area contributed by atoms with Gasteiger partial charge in [0.25, 0.3) is 0 Å². The van der Waals surface area contributed by atoms with Crippen LogP contribution < -0.4 is 10.1 Å². The van der Waals surface area contributed by atoms with E-state index in [4.69, 9.17) is 14.5 Å². The first-order valence-corrected chi connectivity index (χ1v) is 11.2. The Balaban J connectivity index is 1.48. The number of hydrogen-bond donors (Lipinski definition) is 2. The van der Waals surface area contributed by atoms with E-state index in [0.717, 1.165) is 62.3 Å². The highest BCUT2D eigenvalue weighted by Crippen LogP contribution is 2.26. The average Bonchev–Trinajstić information content (AvgIpc) is 3.29. The predicted octanol–water partition coefficient (Wildman–Crippen LogP) is 3.37. The van der Waals surface area contributed by atoms with Crippen molar-refractivity contribution in [2.75, 3.05) is 39.9 Å². The van der Waals surface area contributed by atoms with E-state index in [1.165, 1.54) is 25.7 Å². The van der Waals surface area contributed by atoms with Gasteiger partial charge in [-0.2, -0.15) is 0 Å². The molecule has 1 aliphatic carbocycles. The van der Waals surface area contributed by atoms with Crippen molar-refractivity contribution in [1.82, 2.24) is 10.2 Å². The highest BCUT2D eigenvalue weighted by Gasteiger charge is 2.24. The Morgan fingerprint density at radius 1 is 1.17 bits per heavy atom. The number of aliphatic imine (C=N–C) groups is 1. The van der Waals surface area contributed by atoms with Crippen LogP contribution in [0.3, 0.4) is 0 Å². The zero-order valence-corrected chi connectivity index (χ0v) is 18.0. The van der Waals surface area contributed by atoms with E-state index in [9.17, 15) is 5.11 Å². The number of guanidine groups is 1. The van der Waals surface area contributed by atoms with Crippen molar-refractivity contribution in [1.29, 1.82) is 0 Å². The zero-order valence-electron chi connectivity index (χ0n) is 18.0. The Morgan fingerprint density at radius 3 is 2.48 bits per heavy atom. The summed E-state index contributed by atoms with van der Waals surface area (Å²) in [4.78, 5) is 6.99. The Labute approximate surface area is 175 Å². The normalized spacial score (nSPS) is 20.1. The van der Waals surface area contributed by atoms with E-state index >= 15 is 0 Å². The van der Waals surface area contributed by atoms with Crippen LogP contribution in [0.1, 0.15) is 57.1 Å². The molecule has 2 N–H and O–H groups in total. The first-order valence-electron chi connectivity index (χ1n) is 11.2. The van der Waals surface area contributed by atoms with Crippen molar-refractivity contribution >= 4 is 5.96 Å². The van der Waals surface area contributed by atoms with Crippen molar-refractivity contribution in [3.05, 3.63) is 29.8 Å². The van der Waals surface area contributed by atoms with Crippen molar-refractivity contribution in [2.45, 2.75) is 57.7 Å².